The third-order valence-electron chi connectivity index (χ3n) is 9.17. The molecule has 8 rings (SSSR count). The van der Waals surface area contributed by atoms with E-state index in [1.54, 1.807) is 84.4 Å². The lowest BCUT2D eigenvalue weighted by Crippen LogP contribution is -2.63. The Balaban J connectivity index is 1.30. The van der Waals surface area contributed by atoms with Crippen molar-refractivity contribution in [3.8, 4) is 22.4 Å². The van der Waals surface area contributed by atoms with Crippen LogP contribution in [0.1, 0.15) is 57.3 Å². The summed E-state index contributed by atoms with van der Waals surface area (Å²) >= 11 is 0. The van der Waals surface area contributed by atoms with Crippen LogP contribution in [0.2, 0.25) is 0 Å². The van der Waals surface area contributed by atoms with Gasteiger partial charge in [-0.05, 0) is 49.2 Å². The van der Waals surface area contributed by atoms with E-state index >= 15 is 0 Å². The molecule has 0 saturated heterocycles. The number of benzene rings is 3. The van der Waals surface area contributed by atoms with Gasteiger partial charge in [-0.3, -0.25) is 14.5 Å². The molecule has 3 aromatic heterocycles. The molecule has 1 aliphatic heterocycles. The quantitative estimate of drug-likeness (QED) is 0.211. The molecule has 8 nitrogen and oxygen atoms in total. The van der Waals surface area contributed by atoms with Crippen LogP contribution in [-0.2, 0) is 11.7 Å². The van der Waals surface area contributed by atoms with Crippen molar-refractivity contribution in [2.75, 3.05) is 0 Å². The Morgan fingerprint density at radius 3 is 2.06 bits per heavy atom. The minimum absolute atomic E-state index is 0.0391. The molecule has 1 saturated carbocycles. The number of amides is 2. The molecular formula is C36H26F3N5O3. The summed E-state index contributed by atoms with van der Waals surface area (Å²) in [6.07, 6.45) is -2.78. The molecule has 6 aromatic rings. The first-order valence-electron chi connectivity index (χ1n) is 15.0. The van der Waals surface area contributed by atoms with Crippen LogP contribution in [-0.4, -0.2) is 47.0 Å². The van der Waals surface area contributed by atoms with Gasteiger partial charge in [0.05, 0.1) is 39.2 Å². The van der Waals surface area contributed by atoms with Gasteiger partial charge in [-0.25, -0.2) is 9.97 Å². The molecule has 47 heavy (non-hydrogen) atoms. The second-order valence-corrected chi connectivity index (χ2v) is 12.6. The Morgan fingerprint density at radius 2 is 1.45 bits per heavy atom. The number of fused-ring (bicyclic) bond motifs is 4. The minimum Gasteiger partial charge on any atom is -0.390 e. The van der Waals surface area contributed by atoms with Crippen molar-refractivity contribution in [3.63, 3.8) is 0 Å². The van der Waals surface area contributed by atoms with Gasteiger partial charge in [-0.1, -0.05) is 54.6 Å². The van der Waals surface area contributed by atoms with E-state index < -0.39 is 34.7 Å². The third-order valence-corrected chi connectivity index (χ3v) is 9.17. The van der Waals surface area contributed by atoms with Crippen LogP contribution >= 0.6 is 0 Å². The highest BCUT2D eigenvalue weighted by atomic mass is 19.4. The molecule has 0 bridgehead atoms. The minimum atomic E-state index is -4.62. The SMILES string of the molecule is Cc1cc2ncc3cc(-c4ccccc4C(F)(F)F)c(-c4ccc(C5(N6C(=O)c7ccccc7C6=O)CC(C)(O)C5)cc4)nc3n2n1. The first kappa shape index (κ1) is 29.0. The molecule has 1 fully saturated rings. The number of aryl methyl sites for hydroxylation is 1. The van der Waals surface area contributed by atoms with Gasteiger partial charge in [0.15, 0.2) is 11.3 Å². The van der Waals surface area contributed by atoms with Gasteiger partial charge < -0.3 is 5.11 Å². The van der Waals surface area contributed by atoms with Gasteiger partial charge in [0.25, 0.3) is 11.8 Å². The Kier molecular flexibility index (Phi) is 6.04. The molecule has 0 atom stereocenters. The lowest BCUT2D eigenvalue weighted by molar-refractivity contribution is -0.137. The number of alkyl halides is 3. The molecule has 1 N–H and O–H groups in total. The summed E-state index contributed by atoms with van der Waals surface area (Å²) in [5.41, 5.74) is 0.916. The number of nitrogens with zero attached hydrogens (tertiary/aromatic N) is 5. The maximum absolute atomic E-state index is 14.3. The summed E-state index contributed by atoms with van der Waals surface area (Å²) in [6.45, 7) is 3.48. The first-order chi connectivity index (χ1) is 22.4. The lowest BCUT2D eigenvalue weighted by Gasteiger charge is -2.55. The highest BCUT2D eigenvalue weighted by molar-refractivity contribution is 6.22. The number of hydrogen-bond donors (Lipinski definition) is 1. The highest BCUT2D eigenvalue weighted by Crippen LogP contribution is 2.55. The zero-order valence-electron chi connectivity index (χ0n) is 25.2. The van der Waals surface area contributed by atoms with Crippen molar-refractivity contribution in [2.24, 2.45) is 0 Å². The number of halogens is 3. The van der Waals surface area contributed by atoms with Crippen LogP contribution in [0.4, 0.5) is 13.2 Å². The number of carbonyl (C=O) groups excluding carboxylic acids is 2. The fourth-order valence-corrected chi connectivity index (χ4v) is 7.26. The zero-order valence-corrected chi connectivity index (χ0v) is 25.2. The van der Waals surface area contributed by atoms with E-state index in [1.807, 2.05) is 6.92 Å². The molecule has 4 heterocycles. The molecule has 11 heteroatoms. The van der Waals surface area contributed by atoms with Crippen LogP contribution in [0.25, 0.3) is 39.1 Å². The fraction of sp³-hybridized carbons (Fsp3) is 0.194. The van der Waals surface area contributed by atoms with Crippen LogP contribution in [0.5, 0.6) is 0 Å². The van der Waals surface area contributed by atoms with Gasteiger partial charge in [0.2, 0.25) is 0 Å². The second kappa shape index (κ2) is 9.79. The van der Waals surface area contributed by atoms with Crippen LogP contribution in [0.15, 0.2) is 91.1 Å². The van der Waals surface area contributed by atoms with Crippen LogP contribution in [0.3, 0.4) is 0 Å². The van der Waals surface area contributed by atoms with Crippen LogP contribution in [0, 0.1) is 6.92 Å². The van der Waals surface area contributed by atoms with E-state index in [0.29, 0.717) is 44.6 Å². The van der Waals surface area contributed by atoms with E-state index in [-0.39, 0.29) is 29.7 Å². The molecule has 3 aromatic carbocycles. The maximum Gasteiger partial charge on any atom is 0.417 e. The van der Waals surface area contributed by atoms with Gasteiger partial charge in [0.1, 0.15) is 0 Å². The normalized spacial score (nSPS) is 21.0. The largest absolute Gasteiger partial charge is 0.417 e. The Hall–Kier alpha value is -5.42. The van der Waals surface area contributed by atoms with Gasteiger partial charge in [0, 0.05) is 41.6 Å². The van der Waals surface area contributed by atoms with Gasteiger partial charge in [-0.2, -0.15) is 22.8 Å². The van der Waals surface area contributed by atoms with Crippen molar-refractivity contribution in [1.82, 2.24) is 24.5 Å². The van der Waals surface area contributed by atoms with Crippen LogP contribution < -0.4 is 0 Å². The summed E-state index contributed by atoms with van der Waals surface area (Å²) in [6, 6.07) is 22.4. The summed E-state index contributed by atoms with van der Waals surface area (Å²) in [5, 5.41) is 15.9. The Bertz CT molecular complexity index is 2250. The first-order valence-corrected chi connectivity index (χ1v) is 15.0. The topological polar surface area (TPSA) is 101 Å². The number of imide groups is 1. The lowest BCUT2D eigenvalue weighted by atomic mass is 9.61. The molecule has 2 aliphatic rings. The summed E-state index contributed by atoms with van der Waals surface area (Å²) < 4.78 is 44.4. The smallest absolute Gasteiger partial charge is 0.390 e. The number of rotatable bonds is 4. The molecular weight excluding hydrogens is 607 g/mol. The summed E-state index contributed by atoms with van der Waals surface area (Å²) in [7, 11) is 0. The molecule has 234 valence electrons. The molecule has 0 spiro atoms. The van der Waals surface area contributed by atoms with Crippen molar-refractivity contribution in [1.29, 1.82) is 0 Å². The molecule has 0 radical (unpaired) electrons. The van der Waals surface area contributed by atoms with Crippen molar-refractivity contribution < 1.29 is 27.9 Å². The van der Waals surface area contributed by atoms with E-state index in [4.69, 9.17) is 4.98 Å². The van der Waals surface area contributed by atoms with Crippen molar-refractivity contribution >= 4 is 28.5 Å². The van der Waals surface area contributed by atoms with E-state index in [1.165, 1.54) is 17.0 Å². The van der Waals surface area contributed by atoms with E-state index in [0.717, 1.165) is 6.07 Å². The number of carbonyl (C=O) groups is 2. The van der Waals surface area contributed by atoms with E-state index in [9.17, 15) is 27.9 Å². The number of aliphatic hydroxyl groups is 1. The predicted molar refractivity (Wildman–Crippen MR) is 167 cm³/mol. The number of aromatic nitrogens is 4. The molecule has 2 amide bonds. The Labute approximate surface area is 266 Å². The second-order valence-electron chi connectivity index (χ2n) is 12.6. The maximum atomic E-state index is 14.3. The monoisotopic (exact) mass is 633 g/mol. The zero-order chi connectivity index (χ0) is 32.9. The standard InChI is InChI=1S/C36H26F3N5O3/c1-20-15-29-40-17-22-16-27(24-7-5-6-10-28(24)36(37,38)39)30(41-31(22)44(29)42-20)21-11-13-23(14-12-21)35(18-34(2,47)19-35)43-32(45)25-8-3-4-9-26(25)33(43)46/h3-17,47H,18-19H2,1-2H3. The third kappa shape index (κ3) is 4.37. The van der Waals surface area contributed by atoms with E-state index in [2.05, 4.69) is 10.1 Å². The van der Waals surface area contributed by atoms with Gasteiger partial charge >= 0.3 is 6.18 Å². The number of pyridine rings is 1. The van der Waals surface area contributed by atoms with Gasteiger partial charge in [-0.15, -0.1) is 0 Å². The van der Waals surface area contributed by atoms with Crippen molar-refractivity contribution in [2.45, 2.75) is 44.0 Å². The average Bonchev–Trinajstić information content (AvgIpc) is 3.54. The Morgan fingerprint density at radius 1 is 0.830 bits per heavy atom. The summed E-state index contributed by atoms with van der Waals surface area (Å²) in [4.78, 5) is 37.7. The molecule has 1 aliphatic carbocycles. The average molecular weight is 634 g/mol. The fourth-order valence-electron chi connectivity index (χ4n) is 7.26. The number of hydrogen-bond acceptors (Lipinski definition) is 6. The molecule has 0 unspecified atom stereocenters. The van der Waals surface area contributed by atoms with Crippen molar-refractivity contribution in [3.05, 3.63) is 119 Å². The predicted octanol–water partition coefficient (Wildman–Crippen LogP) is 6.98. The highest BCUT2D eigenvalue weighted by Gasteiger charge is 2.60. The summed E-state index contributed by atoms with van der Waals surface area (Å²) in [5.74, 6) is -0.862.